The van der Waals surface area contributed by atoms with Crippen molar-refractivity contribution < 1.29 is 18.4 Å². The molecule has 0 radical (unpaired) electrons. The second-order valence-electron chi connectivity index (χ2n) is 7.94. The average molecular weight is 423 g/mol. The van der Waals surface area contributed by atoms with Gasteiger partial charge in [-0.2, -0.15) is 0 Å². The molecule has 156 valence electrons. The molecule has 29 heavy (non-hydrogen) atoms. The predicted molar refractivity (Wildman–Crippen MR) is 109 cm³/mol. The Bertz CT molecular complexity index is 859. The number of nitrogens with one attached hydrogen (secondary N) is 1. The van der Waals surface area contributed by atoms with Crippen LogP contribution in [0.25, 0.3) is 0 Å². The van der Waals surface area contributed by atoms with Crippen LogP contribution in [-0.2, 0) is 22.6 Å². The molecule has 0 saturated heterocycles. The van der Waals surface area contributed by atoms with Crippen molar-refractivity contribution in [1.29, 1.82) is 0 Å². The summed E-state index contributed by atoms with van der Waals surface area (Å²) in [5.41, 5.74) is 0.242. The van der Waals surface area contributed by atoms with Crippen LogP contribution in [0.5, 0.6) is 0 Å². The van der Waals surface area contributed by atoms with E-state index in [1.54, 1.807) is 19.1 Å². The maximum absolute atomic E-state index is 14.2. The van der Waals surface area contributed by atoms with E-state index in [0.717, 1.165) is 0 Å². The van der Waals surface area contributed by atoms with Crippen LogP contribution in [0.3, 0.4) is 0 Å². The number of nitrogens with zero attached hydrogens (tertiary/aromatic N) is 1. The summed E-state index contributed by atoms with van der Waals surface area (Å²) >= 11 is 6.05. The standard InChI is InChI=1S/C22H25ClF2N2O2/c1-14(21(29)26-22(2,3)4)27(13-15-8-10-16(24)11-9-15)20(28)12-17-18(23)6-5-7-19(17)25/h5-11,14H,12-13H2,1-4H3,(H,26,29)/t14-/m0/s1. The molecule has 0 fully saturated rings. The first-order valence-electron chi connectivity index (χ1n) is 9.27. The van der Waals surface area contributed by atoms with Crippen LogP contribution >= 0.6 is 11.6 Å². The molecular formula is C22H25ClF2N2O2. The molecule has 1 atom stereocenters. The van der Waals surface area contributed by atoms with E-state index < -0.39 is 29.1 Å². The minimum absolute atomic E-state index is 0.0733. The normalized spacial score (nSPS) is 12.4. The Hall–Kier alpha value is -2.47. The van der Waals surface area contributed by atoms with E-state index in [1.165, 1.54) is 35.2 Å². The highest BCUT2D eigenvalue weighted by molar-refractivity contribution is 6.31. The molecule has 1 N–H and O–H groups in total. The Labute approximate surface area is 174 Å². The Balaban J connectivity index is 2.30. The van der Waals surface area contributed by atoms with Gasteiger partial charge in [-0.25, -0.2) is 8.78 Å². The monoisotopic (exact) mass is 422 g/mol. The second-order valence-corrected chi connectivity index (χ2v) is 8.35. The fourth-order valence-electron chi connectivity index (χ4n) is 2.80. The summed E-state index contributed by atoms with van der Waals surface area (Å²) in [4.78, 5) is 27.1. The highest BCUT2D eigenvalue weighted by atomic mass is 35.5. The number of halogens is 3. The van der Waals surface area contributed by atoms with Gasteiger partial charge in [-0.05, 0) is 57.5 Å². The van der Waals surface area contributed by atoms with Gasteiger partial charge in [-0.3, -0.25) is 9.59 Å². The lowest BCUT2D eigenvalue weighted by molar-refractivity contribution is -0.140. The number of hydrogen-bond donors (Lipinski definition) is 1. The molecule has 2 amide bonds. The van der Waals surface area contributed by atoms with Crippen LogP contribution < -0.4 is 5.32 Å². The highest BCUT2D eigenvalue weighted by Crippen LogP contribution is 2.21. The Morgan fingerprint density at radius 1 is 1.10 bits per heavy atom. The van der Waals surface area contributed by atoms with Crippen molar-refractivity contribution in [2.24, 2.45) is 0 Å². The molecule has 2 aromatic carbocycles. The number of carbonyl (C=O) groups is 2. The highest BCUT2D eigenvalue weighted by Gasteiger charge is 2.29. The number of amides is 2. The average Bonchev–Trinajstić information content (AvgIpc) is 2.62. The van der Waals surface area contributed by atoms with Crippen LogP contribution in [0.2, 0.25) is 5.02 Å². The van der Waals surface area contributed by atoms with Crippen molar-refractivity contribution in [2.45, 2.75) is 52.2 Å². The third kappa shape index (κ3) is 6.53. The van der Waals surface area contributed by atoms with Crippen LogP contribution in [0.4, 0.5) is 8.78 Å². The molecule has 2 aromatic rings. The lowest BCUT2D eigenvalue weighted by Gasteiger charge is -2.31. The summed E-state index contributed by atoms with van der Waals surface area (Å²) in [5.74, 6) is -1.78. The first-order chi connectivity index (χ1) is 13.5. The van der Waals surface area contributed by atoms with Gasteiger partial charge in [0.25, 0.3) is 0 Å². The van der Waals surface area contributed by atoms with E-state index >= 15 is 0 Å². The summed E-state index contributed by atoms with van der Waals surface area (Å²) in [7, 11) is 0. The van der Waals surface area contributed by atoms with Gasteiger partial charge in [0.15, 0.2) is 0 Å². The van der Waals surface area contributed by atoms with E-state index in [9.17, 15) is 18.4 Å². The molecule has 0 bridgehead atoms. The van der Waals surface area contributed by atoms with Crippen molar-refractivity contribution in [2.75, 3.05) is 0 Å². The van der Waals surface area contributed by atoms with Crippen LogP contribution in [0.1, 0.15) is 38.8 Å². The SMILES string of the molecule is C[C@@H](C(=O)NC(C)(C)C)N(Cc1ccc(F)cc1)C(=O)Cc1c(F)cccc1Cl. The van der Waals surface area contributed by atoms with Gasteiger partial charge < -0.3 is 10.2 Å². The third-order valence-corrected chi connectivity index (χ3v) is 4.68. The number of rotatable bonds is 6. The van der Waals surface area contributed by atoms with E-state index in [1.807, 2.05) is 20.8 Å². The van der Waals surface area contributed by atoms with Crippen LogP contribution in [0, 0.1) is 11.6 Å². The maximum Gasteiger partial charge on any atom is 0.242 e. The van der Waals surface area contributed by atoms with Gasteiger partial charge in [-0.1, -0.05) is 29.8 Å². The molecule has 0 aliphatic rings. The van der Waals surface area contributed by atoms with Crippen molar-refractivity contribution >= 4 is 23.4 Å². The van der Waals surface area contributed by atoms with Gasteiger partial charge in [0.2, 0.25) is 11.8 Å². The van der Waals surface area contributed by atoms with Crippen molar-refractivity contribution in [1.82, 2.24) is 10.2 Å². The van der Waals surface area contributed by atoms with Gasteiger partial charge in [-0.15, -0.1) is 0 Å². The number of carbonyl (C=O) groups excluding carboxylic acids is 2. The molecule has 4 nitrogen and oxygen atoms in total. The zero-order valence-electron chi connectivity index (χ0n) is 16.9. The third-order valence-electron chi connectivity index (χ3n) is 4.32. The Morgan fingerprint density at radius 3 is 2.28 bits per heavy atom. The maximum atomic E-state index is 14.2. The zero-order chi connectivity index (χ0) is 21.8. The second kappa shape index (κ2) is 9.35. The Morgan fingerprint density at radius 2 is 1.72 bits per heavy atom. The zero-order valence-corrected chi connectivity index (χ0v) is 17.7. The molecule has 2 rings (SSSR count). The summed E-state index contributed by atoms with van der Waals surface area (Å²) < 4.78 is 27.4. The molecule has 0 spiro atoms. The van der Waals surface area contributed by atoms with E-state index in [2.05, 4.69) is 5.32 Å². The quantitative estimate of drug-likeness (QED) is 0.745. The van der Waals surface area contributed by atoms with Gasteiger partial charge in [0, 0.05) is 22.7 Å². The molecule has 7 heteroatoms. The van der Waals surface area contributed by atoms with E-state index in [-0.39, 0.29) is 29.5 Å². The topological polar surface area (TPSA) is 49.4 Å². The molecule has 0 aliphatic carbocycles. The molecular weight excluding hydrogens is 398 g/mol. The first-order valence-corrected chi connectivity index (χ1v) is 9.64. The molecule has 0 heterocycles. The molecule has 0 aliphatic heterocycles. The molecule has 0 saturated carbocycles. The van der Waals surface area contributed by atoms with Gasteiger partial charge in [0.1, 0.15) is 17.7 Å². The fraction of sp³-hybridized carbons (Fsp3) is 0.364. The molecule has 0 unspecified atom stereocenters. The first kappa shape index (κ1) is 22.8. The van der Waals surface area contributed by atoms with Crippen LogP contribution in [-0.4, -0.2) is 28.3 Å². The summed E-state index contributed by atoms with van der Waals surface area (Å²) in [6, 6.07) is 9.03. The lowest BCUT2D eigenvalue weighted by Crippen LogP contribution is -2.52. The smallest absolute Gasteiger partial charge is 0.242 e. The summed E-state index contributed by atoms with van der Waals surface area (Å²) in [6.07, 6.45) is -0.292. The predicted octanol–water partition coefficient (Wildman–Crippen LogP) is 4.49. The lowest BCUT2D eigenvalue weighted by atomic mass is 10.1. The van der Waals surface area contributed by atoms with Crippen LogP contribution in [0.15, 0.2) is 42.5 Å². The van der Waals surface area contributed by atoms with Gasteiger partial charge in [0.05, 0.1) is 6.42 Å². The summed E-state index contributed by atoms with van der Waals surface area (Å²) in [5, 5.41) is 2.99. The number of benzene rings is 2. The van der Waals surface area contributed by atoms with Crippen molar-refractivity contribution in [3.63, 3.8) is 0 Å². The van der Waals surface area contributed by atoms with E-state index in [0.29, 0.717) is 5.56 Å². The minimum Gasteiger partial charge on any atom is -0.350 e. The van der Waals surface area contributed by atoms with Crippen molar-refractivity contribution in [3.05, 3.63) is 70.2 Å². The number of hydrogen-bond acceptors (Lipinski definition) is 2. The van der Waals surface area contributed by atoms with Crippen molar-refractivity contribution in [3.8, 4) is 0 Å². The molecule has 0 aromatic heterocycles. The largest absolute Gasteiger partial charge is 0.350 e. The minimum atomic E-state index is -0.822. The van der Waals surface area contributed by atoms with E-state index in [4.69, 9.17) is 11.6 Å². The fourth-order valence-corrected chi connectivity index (χ4v) is 3.03. The summed E-state index contributed by atoms with van der Waals surface area (Å²) in [6.45, 7) is 7.18. The van der Waals surface area contributed by atoms with Gasteiger partial charge >= 0.3 is 0 Å². The Kier molecular flexibility index (Phi) is 7.36.